The smallest absolute Gasteiger partial charge is 0.306 e. The zero-order valence-electron chi connectivity index (χ0n) is 53.5. The minimum Gasteiger partial charge on any atom is -0.462 e. The van der Waals surface area contributed by atoms with Crippen molar-refractivity contribution >= 4 is 17.9 Å². The molecule has 0 amide bonds. The standard InChI is InChI=1S/C76H126O6/c1-4-7-10-13-16-19-22-25-28-31-34-36-38-40-42-45-48-51-54-57-60-63-66-69-75(78)81-72-73(71-80-74(77)68-65-62-59-56-53-50-47-44-41-33-30-27-24-21-18-15-12-9-6-3)82-76(79)70-67-64-61-58-55-52-49-46-43-39-37-35-32-29-26-23-20-17-14-11-8-5-2/h7,9-10,12,16,18-19,21,25,27-28,30,34,36,40-42,44,48,51,57,60,73H,4-6,8,11,13-15,17,20,22-24,26,29,31-33,35,37-39,43,45-47,49-50,52-56,58-59,61-72H2,1-3H3/b10-7-,12-9-,19-16-,21-18-,28-25-,30-27-,36-34-,42-40-,44-41-,51-48-,60-57-. The van der Waals surface area contributed by atoms with Crippen molar-refractivity contribution in [3.8, 4) is 0 Å². The Bertz CT molecular complexity index is 1730. The molecule has 0 aromatic rings. The minimum atomic E-state index is -0.813. The van der Waals surface area contributed by atoms with Gasteiger partial charge in [0.25, 0.3) is 0 Å². The highest BCUT2D eigenvalue weighted by Gasteiger charge is 2.19. The van der Waals surface area contributed by atoms with Crippen molar-refractivity contribution in [1.29, 1.82) is 0 Å². The molecule has 0 aromatic heterocycles. The number of ether oxygens (including phenoxy) is 3. The maximum absolute atomic E-state index is 13.0. The van der Waals surface area contributed by atoms with Crippen LogP contribution in [0.1, 0.15) is 310 Å². The van der Waals surface area contributed by atoms with Crippen LogP contribution in [-0.4, -0.2) is 37.2 Å². The van der Waals surface area contributed by atoms with Crippen LogP contribution in [0, 0.1) is 0 Å². The highest BCUT2D eigenvalue weighted by Crippen LogP contribution is 2.17. The zero-order chi connectivity index (χ0) is 59.2. The average molecular weight is 1140 g/mol. The van der Waals surface area contributed by atoms with Crippen molar-refractivity contribution in [2.45, 2.75) is 316 Å². The van der Waals surface area contributed by atoms with E-state index in [0.717, 1.165) is 128 Å². The fourth-order valence-electron chi connectivity index (χ4n) is 9.37. The van der Waals surface area contributed by atoms with Crippen LogP contribution in [0.5, 0.6) is 0 Å². The minimum absolute atomic E-state index is 0.105. The van der Waals surface area contributed by atoms with E-state index >= 15 is 0 Å². The first-order valence-corrected chi connectivity index (χ1v) is 34.2. The molecule has 0 N–H and O–H groups in total. The molecule has 1 atom stereocenters. The molecule has 0 aliphatic carbocycles. The lowest BCUT2D eigenvalue weighted by Crippen LogP contribution is -2.30. The first-order chi connectivity index (χ1) is 40.5. The number of carbonyl (C=O) groups excluding carboxylic acids is 3. The van der Waals surface area contributed by atoms with Crippen LogP contribution in [0.4, 0.5) is 0 Å². The monoisotopic (exact) mass is 1130 g/mol. The van der Waals surface area contributed by atoms with E-state index in [1.165, 1.54) is 135 Å². The van der Waals surface area contributed by atoms with E-state index in [2.05, 4.69) is 154 Å². The van der Waals surface area contributed by atoms with Gasteiger partial charge in [0.2, 0.25) is 0 Å². The lowest BCUT2D eigenvalue weighted by atomic mass is 10.0. The van der Waals surface area contributed by atoms with Crippen LogP contribution in [0.25, 0.3) is 0 Å². The molecule has 0 saturated heterocycles. The summed E-state index contributed by atoms with van der Waals surface area (Å²) < 4.78 is 16.9. The maximum Gasteiger partial charge on any atom is 0.306 e. The topological polar surface area (TPSA) is 78.9 Å². The van der Waals surface area contributed by atoms with Gasteiger partial charge in [0.05, 0.1) is 0 Å². The van der Waals surface area contributed by atoms with Crippen molar-refractivity contribution in [3.63, 3.8) is 0 Å². The number of allylic oxidation sites excluding steroid dienone is 22. The number of hydrogen-bond acceptors (Lipinski definition) is 6. The van der Waals surface area contributed by atoms with Gasteiger partial charge in [-0.05, 0) is 109 Å². The van der Waals surface area contributed by atoms with Gasteiger partial charge in [-0.25, -0.2) is 0 Å². The van der Waals surface area contributed by atoms with Gasteiger partial charge in [-0.1, -0.05) is 315 Å². The first kappa shape index (κ1) is 77.5. The molecule has 0 spiro atoms. The number of rotatable bonds is 61. The zero-order valence-corrected chi connectivity index (χ0v) is 53.5. The van der Waals surface area contributed by atoms with Gasteiger partial charge < -0.3 is 14.2 Å². The summed E-state index contributed by atoms with van der Waals surface area (Å²) in [7, 11) is 0. The molecular weight excluding hydrogens is 1010 g/mol. The highest BCUT2D eigenvalue weighted by molar-refractivity contribution is 5.71. The van der Waals surface area contributed by atoms with Crippen molar-refractivity contribution in [1.82, 2.24) is 0 Å². The summed E-state index contributed by atoms with van der Waals surface area (Å²) >= 11 is 0. The van der Waals surface area contributed by atoms with Gasteiger partial charge in [0.1, 0.15) is 13.2 Å². The molecule has 0 aromatic carbocycles. The second-order valence-corrected chi connectivity index (χ2v) is 22.3. The van der Waals surface area contributed by atoms with Crippen molar-refractivity contribution in [3.05, 3.63) is 134 Å². The Balaban J connectivity index is 4.49. The molecule has 466 valence electrons. The molecule has 82 heavy (non-hydrogen) atoms. The van der Waals surface area contributed by atoms with E-state index in [9.17, 15) is 14.4 Å². The van der Waals surface area contributed by atoms with Crippen LogP contribution in [0.3, 0.4) is 0 Å². The summed E-state index contributed by atoms with van der Waals surface area (Å²) in [5.74, 6) is -0.970. The Labute approximate surface area is 506 Å². The quantitative estimate of drug-likeness (QED) is 0.0261. The Kier molecular flexibility index (Phi) is 65.3. The second kappa shape index (κ2) is 69.0. The van der Waals surface area contributed by atoms with E-state index in [4.69, 9.17) is 14.2 Å². The molecule has 0 rings (SSSR count). The molecular formula is C76H126O6. The summed E-state index contributed by atoms with van der Waals surface area (Å²) in [5.41, 5.74) is 0. The van der Waals surface area contributed by atoms with Gasteiger partial charge in [-0.3, -0.25) is 14.4 Å². The van der Waals surface area contributed by atoms with Gasteiger partial charge in [0, 0.05) is 19.3 Å². The van der Waals surface area contributed by atoms with E-state index in [1.807, 2.05) is 0 Å². The second-order valence-electron chi connectivity index (χ2n) is 22.3. The predicted molar refractivity (Wildman–Crippen MR) is 357 cm³/mol. The average Bonchev–Trinajstić information content (AvgIpc) is 3.48. The van der Waals surface area contributed by atoms with Crippen molar-refractivity contribution in [2.75, 3.05) is 13.2 Å². The largest absolute Gasteiger partial charge is 0.462 e. The Hall–Kier alpha value is -4.45. The third-order valence-electron chi connectivity index (χ3n) is 14.4. The van der Waals surface area contributed by atoms with Crippen LogP contribution in [0.2, 0.25) is 0 Å². The van der Waals surface area contributed by atoms with Gasteiger partial charge in [-0.15, -0.1) is 0 Å². The molecule has 0 aliphatic rings. The van der Waals surface area contributed by atoms with Crippen LogP contribution >= 0.6 is 0 Å². The number of carbonyl (C=O) groups is 3. The molecule has 6 nitrogen and oxygen atoms in total. The molecule has 0 fully saturated rings. The van der Waals surface area contributed by atoms with E-state index in [-0.39, 0.29) is 37.5 Å². The third kappa shape index (κ3) is 66.4. The van der Waals surface area contributed by atoms with E-state index in [0.29, 0.717) is 19.3 Å². The fourth-order valence-corrected chi connectivity index (χ4v) is 9.37. The van der Waals surface area contributed by atoms with Crippen molar-refractivity contribution < 1.29 is 28.6 Å². The fraction of sp³-hybridized carbons (Fsp3) is 0.671. The maximum atomic E-state index is 13.0. The normalized spacial score (nSPS) is 13.0. The van der Waals surface area contributed by atoms with E-state index < -0.39 is 6.10 Å². The molecule has 0 saturated carbocycles. The number of hydrogen-bond donors (Lipinski definition) is 0. The lowest BCUT2D eigenvalue weighted by Gasteiger charge is -2.18. The Morgan fingerprint density at radius 2 is 0.488 bits per heavy atom. The van der Waals surface area contributed by atoms with Crippen LogP contribution in [-0.2, 0) is 28.6 Å². The first-order valence-electron chi connectivity index (χ1n) is 34.2. The summed E-state index contributed by atoms with van der Waals surface area (Å²) in [6.45, 7) is 6.39. The SMILES string of the molecule is CC/C=C\C/C=C\C/C=C\C/C=C\C/C=C\C/C=C\C/C=C\CCCC(=O)OCC(COC(=O)CCCCCCCC/C=C\C/C=C\C/C=C\C/C=C\CC)OC(=O)CCCCCCCCCCCCCCCCCCCCCCCC. The summed E-state index contributed by atoms with van der Waals surface area (Å²) in [4.78, 5) is 38.4. The van der Waals surface area contributed by atoms with E-state index in [1.54, 1.807) is 0 Å². The Morgan fingerprint density at radius 1 is 0.256 bits per heavy atom. The summed E-state index contributed by atoms with van der Waals surface area (Å²) in [6, 6.07) is 0. The Morgan fingerprint density at radius 3 is 0.793 bits per heavy atom. The van der Waals surface area contributed by atoms with Gasteiger partial charge in [-0.2, -0.15) is 0 Å². The third-order valence-corrected chi connectivity index (χ3v) is 14.4. The van der Waals surface area contributed by atoms with Gasteiger partial charge in [0.15, 0.2) is 6.10 Å². The summed E-state index contributed by atoms with van der Waals surface area (Å²) in [5, 5.41) is 0. The lowest BCUT2D eigenvalue weighted by molar-refractivity contribution is -0.167. The molecule has 1 unspecified atom stereocenters. The molecule has 0 heterocycles. The van der Waals surface area contributed by atoms with Crippen molar-refractivity contribution in [2.24, 2.45) is 0 Å². The molecule has 6 heteroatoms. The number of unbranched alkanes of at least 4 members (excludes halogenated alkanes) is 28. The van der Waals surface area contributed by atoms with Crippen LogP contribution in [0.15, 0.2) is 134 Å². The molecule has 0 bridgehead atoms. The van der Waals surface area contributed by atoms with Gasteiger partial charge >= 0.3 is 17.9 Å². The molecule has 0 aliphatic heterocycles. The predicted octanol–water partition coefficient (Wildman–Crippen LogP) is 23.7. The highest BCUT2D eigenvalue weighted by atomic mass is 16.6. The number of esters is 3. The molecule has 0 radical (unpaired) electrons. The summed E-state index contributed by atoms with van der Waals surface area (Å²) in [6.07, 6.45) is 97.6. The van der Waals surface area contributed by atoms with Crippen LogP contribution < -0.4 is 0 Å².